The SMILES string of the molecule is CC(C)(N)c1nc(-c2nccs2)cs1. The van der Waals surface area contributed by atoms with Crippen LogP contribution in [0, 0.1) is 0 Å². The van der Waals surface area contributed by atoms with Gasteiger partial charge in [-0.3, -0.25) is 0 Å². The molecule has 14 heavy (non-hydrogen) atoms. The van der Waals surface area contributed by atoms with Crippen molar-refractivity contribution in [2.45, 2.75) is 19.4 Å². The molecule has 0 aliphatic rings. The van der Waals surface area contributed by atoms with Crippen molar-refractivity contribution in [3.8, 4) is 10.7 Å². The number of hydrogen-bond donors (Lipinski definition) is 1. The van der Waals surface area contributed by atoms with Gasteiger partial charge in [-0.15, -0.1) is 22.7 Å². The van der Waals surface area contributed by atoms with Gasteiger partial charge in [-0.1, -0.05) is 0 Å². The van der Waals surface area contributed by atoms with Crippen LogP contribution in [0.3, 0.4) is 0 Å². The number of nitrogens with two attached hydrogens (primary N) is 1. The molecule has 0 fully saturated rings. The predicted octanol–water partition coefficient (Wildman–Crippen LogP) is 2.46. The molecule has 0 unspecified atom stereocenters. The molecule has 2 N–H and O–H groups in total. The van der Waals surface area contributed by atoms with Gasteiger partial charge in [-0.2, -0.15) is 0 Å². The number of thiazole rings is 2. The summed E-state index contributed by atoms with van der Waals surface area (Å²) >= 11 is 3.18. The minimum absolute atomic E-state index is 0.361. The van der Waals surface area contributed by atoms with Crippen molar-refractivity contribution in [3.05, 3.63) is 22.0 Å². The first-order valence-corrected chi connectivity index (χ1v) is 5.98. The van der Waals surface area contributed by atoms with Crippen LogP contribution in [-0.4, -0.2) is 9.97 Å². The first-order valence-electron chi connectivity index (χ1n) is 4.22. The highest BCUT2D eigenvalue weighted by Crippen LogP contribution is 2.27. The van der Waals surface area contributed by atoms with E-state index >= 15 is 0 Å². The lowest BCUT2D eigenvalue weighted by Crippen LogP contribution is -2.28. The Hall–Kier alpha value is -0.780. The summed E-state index contributed by atoms with van der Waals surface area (Å²) in [6.07, 6.45) is 1.78. The molecule has 0 aliphatic carbocycles. The normalized spacial score (nSPS) is 11.9. The van der Waals surface area contributed by atoms with Gasteiger partial charge < -0.3 is 5.73 Å². The Balaban J connectivity index is 2.36. The fourth-order valence-corrected chi connectivity index (χ4v) is 2.53. The zero-order valence-corrected chi connectivity index (χ0v) is 9.65. The van der Waals surface area contributed by atoms with E-state index in [1.54, 1.807) is 28.9 Å². The minimum atomic E-state index is -0.361. The van der Waals surface area contributed by atoms with Gasteiger partial charge >= 0.3 is 0 Å². The van der Waals surface area contributed by atoms with Crippen molar-refractivity contribution in [2.24, 2.45) is 5.73 Å². The molecule has 2 aromatic heterocycles. The van der Waals surface area contributed by atoms with E-state index in [2.05, 4.69) is 9.97 Å². The van der Waals surface area contributed by atoms with Crippen molar-refractivity contribution in [1.82, 2.24) is 9.97 Å². The maximum atomic E-state index is 5.95. The van der Waals surface area contributed by atoms with Crippen molar-refractivity contribution in [1.29, 1.82) is 0 Å². The number of rotatable bonds is 2. The van der Waals surface area contributed by atoms with E-state index < -0.39 is 0 Å². The molecule has 0 spiro atoms. The van der Waals surface area contributed by atoms with Gasteiger partial charge in [0.05, 0.1) is 5.54 Å². The van der Waals surface area contributed by atoms with Crippen molar-refractivity contribution in [2.75, 3.05) is 0 Å². The quantitative estimate of drug-likeness (QED) is 0.854. The molecule has 0 radical (unpaired) electrons. The zero-order chi connectivity index (χ0) is 10.2. The summed E-state index contributed by atoms with van der Waals surface area (Å²) in [5.74, 6) is 0. The Morgan fingerprint density at radius 3 is 2.64 bits per heavy atom. The summed E-state index contributed by atoms with van der Waals surface area (Å²) in [5, 5.41) is 5.85. The molecular weight excluding hydrogens is 214 g/mol. The third kappa shape index (κ3) is 1.84. The lowest BCUT2D eigenvalue weighted by atomic mass is 10.1. The van der Waals surface area contributed by atoms with Crippen molar-refractivity contribution < 1.29 is 0 Å². The molecule has 3 nitrogen and oxygen atoms in total. The van der Waals surface area contributed by atoms with Crippen molar-refractivity contribution >= 4 is 22.7 Å². The van der Waals surface area contributed by atoms with Crippen LogP contribution in [0.2, 0.25) is 0 Å². The highest BCUT2D eigenvalue weighted by atomic mass is 32.1. The zero-order valence-electron chi connectivity index (χ0n) is 8.02. The second kappa shape index (κ2) is 3.42. The van der Waals surface area contributed by atoms with E-state index in [4.69, 9.17) is 5.73 Å². The Labute approximate surface area is 90.6 Å². The van der Waals surface area contributed by atoms with Crippen LogP contribution in [0.4, 0.5) is 0 Å². The molecule has 5 heteroatoms. The largest absolute Gasteiger partial charge is 0.320 e. The van der Waals surface area contributed by atoms with E-state index in [1.807, 2.05) is 24.6 Å². The molecular formula is C9H11N3S2. The van der Waals surface area contributed by atoms with Crippen molar-refractivity contribution in [3.63, 3.8) is 0 Å². The molecule has 0 aliphatic heterocycles. The Morgan fingerprint density at radius 1 is 1.36 bits per heavy atom. The maximum absolute atomic E-state index is 5.95. The van der Waals surface area contributed by atoms with Gasteiger partial charge in [0.25, 0.3) is 0 Å². The highest BCUT2D eigenvalue weighted by Gasteiger charge is 2.19. The molecule has 0 amide bonds. The van der Waals surface area contributed by atoms with E-state index in [-0.39, 0.29) is 5.54 Å². The Kier molecular flexibility index (Phi) is 2.38. The fraction of sp³-hybridized carbons (Fsp3) is 0.333. The molecule has 74 valence electrons. The summed E-state index contributed by atoms with van der Waals surface area (Å²) in [5.41, 5.74) is 6.52. The monoisotopic (exact) mass is 225 g/mol. The Morgan fingerprint density at radius 2 is 2.14 bits per heavy atom. The Bertz CT molecular complexity index is 411. The smallest absolute Gasteiger partial charge is 0.142 e. The molecule has 0 saturated heterocycles. The van der Waals surface area contributed by atoms with Gasteiger partial charge in [0, 0.05) is 17.0 Å². The third-order valence-electron chi connectivity index (χ3n) is 1.71. The fourth-order valence-electron chi connectivity index (χ4n) is 1.02. The summed E-state index contributed by atoms with van der Waals surface area (Å²) in [6.45, 7) is 3.91. The summed E-state index contributed by atoms with van der Waals surface area (Å²) in [6, 6.07) is 0. The molecule has 0 aromatic carbocycles. The van der Waals surface area contributed by atoms with Crippen LogP contribution >= 0.6 is 22.7 Å². The van der Waals surface area contributed by atoms with Gasteiger partial charge in [0.1, 0.15) is 15.7 Å². The lowest BCUT2D eigenvalue weighted by Gasteiger charge is -2.13. The second-order valence-corrected chi connectivity index (χ2v) is 5.35. The van der Waals surface area contributed by atoms with Crippen LogP contribution in [0.15, 0.2) is 17.0 Å². The van der Waals surface area contributed by atoms with Crippen LogP contribution in [0.25, 0.3) is 10.7 Å². The standard InChI is InChI=1S/C9H11N3S2/c1-9(2,10)8-12-6(5-14-8)7-11-3-4-13-7/h3-5H,10H2,1-2H3. The first kappa shape index (κ1) is 9.76. The van der Waals surface area contributed by atoms with Gasteiger partial charge in [0.2, 0.25) is 0 Å². The third-order valence-corrected chi connectivity index (χ3v) is 3.68. The number of nitrogens with zero attached hydrogens (tertiary/aromatic N) is 2. The van der Waals surface area contributed by atoms with Crippen LogP contribution in [-0.2, 0) is 5.54 Å². The lowest BCUT2D eigenvalue weighted by molar-refractivity contribution is 0.551. The minimum Gasteiger partial charge on any atom is -0.320 e. The van der Waals surface area contributed by atoms with Crippen LogP contribution in [0.1, 0.15) is 18.9 Å². The molecule has 2 rings (SSSR count). The van der Waals surface area contributed by atoms with E-state index in [0.717, 1.165) is 15.7 Å². The average molecular weight is 225 g/mol. The predicted molar refractivity (Wildman–Crippen MR) is 60.4 cm³/mol. The molecule has 0 saturated carbocycles. The number of aromatic nitrogens is 2. The average Bonchev–Trinajstić information content (AvgIpc) is 2.73. The molecule has 2 heterocycles. The van der Waals surface area contributed by atoms with Gasteiger partial charge in [0.15, 0.2) is 0 Å². The second-order valence-electron chi connectivity index (χ2n) is 3.60. The summed E-state index contributed by atoms with van der Waals surface area (Å²) in [4.78, 5) is 8.67. The first-order chi connectivity index (χ1) is 6.57. The van der Waals surface area contributed by atoms with Crippen LogP contribution in [0.5, 0.6) is 0 Å². The van der Waals surface area contributed by atoms with Gasteiger partial charge in [-0.25, -0.2) is 9.97 Å². The van der Waals surface area contributed by atoms with E-state index in [1.165, 1.54) is 0 Å². The van der Waals surface area contributed by atoms with E-state index in [9.17, 15) is 0 Å². The topological polar surface area (TPSA) is 51.8 Å². The summed E-state index contributed by atoms with van der Waals surface area (Å²) < 4.78 is 0. The van der Waals surface area contributed by atoms with Crippen LogP contribution < -0.4 is 5.73 Å². The van der Waals surface area contributed by atoms with E-state index in [0.29, 0.717) is 0 Å². The maximum Gasteiger partial charge on any atom is 0.142 e. The number of hydrogen-bond acceptors (Lipinski definition) is 5. The van der Waals surface area contributed by atoms with Gasteiger partial charge in [-0.05, 0) is 13.8 Å². The molecule has 2 aromatic rings. The molecule has 0 bridgehead atoms. The summed E-state index contributed by atoms with van der Waals surface area (Å²) in [7, 11) is 0. The molecule has 0 atom stereocenters. The highest BCUT2D eigenvalue weighted by molar-refractivity contribution is 7.14.